The number of carbonyl (C=O) groups is 1. The number of esters is 1. The first-order valence-electron chi connectivity index (χ1n) is 6.36. The summed E-state index contributed by atoms with van der Waals surface area (Å²) in [5.41, 5.74) is 0.262. The third kappa shape index (κ3) is 3.43. The van der Waals surface area contributed by atoms with Gasteiger partial charge in [0.2, 0.25) is 0 Å². The lowest BCUT2D eigenvalue weighted by Gasteiger charge is -2.11. The van der Waals surface area contributed by atoms with Crippen LogP contribution in [0.25, 0.3) is 0 Å². The van der Waals surface area contributed by atoms with E-state index in [9.17, 15) is 4.79 Å². The molecule has 0 spiro atoms. The SMILES string of the molecule is COc1ccc(OC(=O)c2cc(Cl)c(OC)c(OC)c2)cc1. The molecule has 2 aromatic carbocycles. The predicted molar refractivity (Wildman–Crippen MR) is 82.5 cm³/mol. The van der Waals surface area contributed by atoms with E-state index < -0.39 is 5.97 Å². The van der Waals surface area contributed by atoms with E-state index in [0.29, 0.717) is 23.0 Å². The van der Waals surface area contributed by atoms with Crippen LogP contribution < -0.4 is 18.9 Å². The molecule has 0 aliphatic heterocycles. The van der Waals surface area contributed by atoms with Crippen LogP contribution in [0, 0.1) is 0 Å². The molecule has 0 atom stereocenters. The lowest BCUT2D eigenvalue weighted by atomic mass is 10.2. The number of hydrogen-bond acceptors (Lipinski definition) is 5. The minimum absolute atomic E-state index is 0.262. The monoisotopic (exact) mass is 322 g/mol. The maximum absolute atomic E-state index is 12.2. The molecular formula is C16H15ClO5. The van der Waals surface area contributed by atoms with Crippen molar-refractivity contribution in [2.75, 3.05) is 21.3 Å². The van der Waals surface area contributed by atoms with E-state index in [1.54, 1.807) is 31.4 Å². The van der Waals surface area contributed by atoms with E-state index in [1.807, 2.05) is 0 Å². The fourth-order valence-electron chi connectivity index (χ4n) is 1.85. The second kappa shape index (κ2) is 7.04. The number of hydrogen-bond donors (Lipinski definition) is 0. The van der Waals surface area contributed by atoms with Gasteiger partial charge >= 0.3 is 5.97 Å². The summed E-state index contributed by atoms with van der Waals surface area (Å²) in [6.07, 6.45) is 0. The van der Waals surface area contributed by atoms with E-state index in [2.05, 4.69) is 0 Å². The molecule has 0 saturated heterocycles. The maximum Gasteiger partial charge on any atom is 0.343 e. The van der Waals surface area contributed by atoms with Gasteiger partial charge in [-0.1, -0.05) is 11.6 Å². The highest BCUT2D eigenvalue weighted by atomic mass is 35.5. The van der Waals surface area contributed by atoms with Crippen LogP contribution in [0.5, 0.6) is 23.0 Å². The Bertz CT molecular complexity index is 667. The first-order valence-corrected chi connectivity index (χ1v) is 6.74. The zero-order valence-corrected chi connectivity index (χ0v) is 13.1. The lowest BCUT2D eigenvalue weighted by molar-refractivity contribution is 0.0734. The molecule has 2 rings (SSSR count). The van der Waals surface area contributed by atoms with E-state index in [0.717, 1.165) is 0 Å². The Labute approximate surface area is 133 Å². The predicted octanol–water partition coefficient (Wildman–Crippen LogP) is 3.59. The maximum atomic E-state index is 12.2. The van der Waals surface area contributed by atoms with Gasteiger partial charge < -0.3 is 18.9 Å². The molecule has 0 bridgehead atoms. The quantitative estimate of drug-likeness (QED) is 0.622. The van der Waals surface area contributed by atoms with Crippen molar-refractivity contribution in [2.45, 2.75) is 0 Å². The number of carbonyl (C=O) groups excluding carboxylic acids is 1. The molecule has 22 heavy (non-hydrogen) atoms. The first-order chi connectivity index (χ1) is 10.6. The fraction of sp³-hybridized carbons (Fsp3) is 0.188. The van der Waals surface area contributed by atoms with Gasteiger partial charge in [-0.05, 0) is 36.4 Å². The van der Waals surface area contributed by atoms with Gasteiger partial charge in [0.25, 0.3) is 0 Å². The number of methoxy groups -OCH3 is 3. The van der Waals surface area contributed by atoms with Crippen LogP contribution in [0.4, 0.5) is 0 Å². The van der Waals surface area contributed by atoms with Crippen molar-refractivity contribution < 1.29 is 23.7 Å². The Morgan fingerprint density at radius 3 is 2.09 bits per heavy atom. The molecule has 6 heteroatoms. The normalized spacial score (nSPS) is 10.0. The second-order valence-electron chi connectivity index (χ2n) is 4.26. The molecule has 0 aliphatic rings. The van der Waals surface area contributed by atoms with E-state index in [4.69, 9.17) is 30.5 Å². The molecule has 0 heterocycles. The molecule has 0 saturated carbocycles. The molecular weight excluding hydrogens is 308 g/mol. The minimum atomic E-state index is -0.548. The summed E-state index contributed by atoms with van der Waals surface area (Å²) >= 11 is 6.07. The van der Waals surface area contributed by atoms with Crippen molar-refractivity contribution in [1.29, 1.82) is 0 Å². The van der Waals surface area contributed by atoms with Gasteiger partial charge in [-0.3, -0.25) is 0 Å². The van der Waals surface area contributed by atoms with E-state index in [-0.39, 0.29) is 10.6 Å². The smallest absolute Gasteiger partial charge is 0.343 e. The highest BCUT2D eigenvalue weighted by Crippen LogP contribution is 2.36. The summed E-state index contributed by atoms with van der Waals surface area (Å²) in [6.45, 7) is 0. The molecule has 0 fully saturated rings. The molecule has 0 aliphatic carbocycles. The highest BCUT2D eigenvalue weighted by Gasteiger charge is 2.16. The third-order valence-corrected chi connectivity index (χ3v) is 3.22. The topological polar surface area (TPSA) is 54.0 Å². The van der Waals surface area contributed by atoms with Crippen molar-refractivity contribution in [2.24, 2.45) is 0 Å². The molecule has 5 nitrogen and oxygen atoms in total. The Morgan fingerprint density at radius 1 is 0.909 bits per heavy atom. The van der Waals surface area contributed by atoms with Gasteiger partial charge in [-0.2, -0.15) is 0 Å². The Morgan fingerprint density at radius 2 is 1.55 bits per heavy atom. The average molecular weight is 323 g/mol. The van der Waals surface area contributed by atoms with Gasteiger partial charge in [0.05, 0.1) is 31.9 Å². The molecule has 0 unspecified atom stereocenters. The number of halogens is 1. The van der Waals surface area contributed by atoms with Crippen molar-refractivity contribution in [1.82, 2.24) is 0 Å². The van der Waals surface area contributed by atoms with Gasteiger partial charge in [-0.15, -0.1) is 0 Å². The summed E-state index contributed by atoms with van der Waals surface area (Å²) in [4.78, 5) is 12.2. The summed E-state index contributed by atoms with van der Waals surface area (Å²) < 4.78 is 20.6. The highest BCUT2D eigenvalue weighted by molar-refractivity contribution is 6.32. The van der Waals surface area contributed by atoms with Crippen molar-refractivity contribution in [3.8, 4) is 23.0 Å². The largest absolute Gasteiger partial charge is 0.497 e. The second-order valence-corrected chi connectivity index (χ2v) is 4.67. The third-order valence-electron chi connectivity index (χ3n) is 2.94. The summed E-state index contributed by atoms with van der Waals surface area (Å²) in [5, 5.41) is 0.267. The van der Waals surface area contributed by atoms with Crippen LogP contribution in [-0.4, -0.2) is 27.3 Å². The van der Waals surface area contributed by atoms with Gasteiger partial charge in [0, 0.05) is 0 Å². The average Bonchev–Trinajstić information content (AvgIpc) is 2.54. The lowest BCUT2D eigenvalue weighted by Crippen LogP contribution is -2.09. The molecule has 116 valence electrons. The van der Waals surface area contributed by atoms with E-state index in [1.165, 1.54) is 26.4 Å². The number of rotatable bonds is 5. The Kier molecular flexibility index (Phi) is 5.12. The zero-order chi connectivity index (χ0) is 16.1. The van der Waals surface area contributed by atoms with Gasteiger partial charge in [-0.25, -0.2) is 4.79 Å². The molecule has 0 N–H and O–H groups in total. The van der Waals surface area contributed by atoms with Crippen LogP contribution in [0.3, 0.4) is 0 Å². The fourth-order valence-corrected chi connectivity index (χ4v) is 2.13. The minimum Gasteiger partial charge on any atom is -0.497 e. The molecule has 0 radical (unpaired) electrons. The molecule has 0 amide bonds. The standard InChI is InChI=1S/C16H15ClO5/c1-19-11-4-6-12(7-5-11)22-16(18)10-8-13(17)15(21-3)14(9-10)20-2/h4-9H,1-3H3. The summed E-state index contributed by atoms with van der Waals surface area (Å²) in [5.74, 6) is 1.25. The van der Waals surface area contributed by atoms with Crippen LogP contribution in [0.1, 0.15) is 10.4 Å². The number of ether oxygens (including phenoxy) is 4. The van der Waals surface area contributed by atoms with Gasteiger partial charge in [0.15, 0.2) is 11.5 Å². The van der Waals surface area contributed by atoms with Crippen LogP contribution >= 0.6 is 11.6 Å². The number of benzene rings is 2. The summed E-state index contributed by atoms with van der Waals surface area (Å²) in [6, 6.07) is 9.65. The first kappa shape index (κ1) is 16.0. The van der Waals surface area contributed by atoms with Crippen molar-refractivity contribution in [3.63, 3.8) is 0 Å². The van der Waals surface area contributed by atoms with Crippen LogP contribution in [-0.2, 0) is 0 Å². The molecule has 0 aromatic heterocycles. The Balaban J connectivity index is 2.23. The zero-order valence-electron chi connectivity index (χ0n) is 12.4. The van der Waals surface area contributed by atoms with Crippen molar-refractivity contribution in [3.05, 3.63) is 47.0 Å². The van der Waals surface area contributed by atoms with Crippen molar-refractivity contribution >= 4 is 17.6 Å². The van der Waals surface area contributed by atoms with Gasteiger partial charge in [0.1, 0.15) is 11.5 Å². The van der Waals surface area contributed by atoms with E-state index >= 15 is 0 Å². The summed E-state index contributed by atoms with van der Waals surface area (Å²) in [7, 11) is 4.50. The van der Waals surface area contributed by atoms with Crippen LogP contribution in [0.15, 0.2) is 36.4 Å². The van der Waals surface area contributed by atoms with Crippen LogP contribution in [0.2, 0.25) is 5.02 Å². The Hall–Kier alpha value is -2.40. The molecule has 2 aromatic rings.